The third-order valence-corrected chi connectivity index (χ3v) is 4.97. The first-order chi connectivity index (χ1) is 11.3. The van der Waals surface area contributed by atoms with Crippen molar-refractivity contribution in [2.24, 2.45) is 0 Å². The number of H-pyrrole nitrogens is 1. The van der Waals surface area contributed by atoms with Crippen molar-refractivity contribution < 1.29 is 0 Å². The molecule has 2 heteroatoms. The van der Waals surface area contributed by atoms with Crippen LogP contribution in [0, 0.1) is 0 Å². The fourth-order valence-corrected chi connectivity index (χ4v) is 3.49. The molecule has 0 amide bonds. The standard InChI is InChI=1S/C21H16BrN/c22-19-12-6-4-10-16(19)14-18-17-11-5-7-13-20(17)23-21(18)15-8-2-1-3-9-15/h1-13,23H,14H2. The van der Waals surface area contributed by atoms with E-state index in [-0.39, 0.29) is 0 Å². The van der Waals surface area contributed by atoms with Gasteiger partial charge in [-0.05, 0) is 28.8 Å². The molecular formula is C21H16BrN. The lowest BCUT2D eigenvalue weighted by Gasteiger charge is -2.07. The molecule has 0 aliphatic rings. The van der Waals surface area contributed by atoms with Gasteiger partial charge in [0.1, 0.15) is 0 Å². The van der Waals surface area contributed by atoms with E-state index in [0.717, 1.165) is 10.9 Å². The first-order valence-electron chi connectivity index (χ1n) is 7.71. The Balaban J connectivity index is 1.92. The molecule has 0 bridgehead atoms. The zero-order valence-electron chi connectivity index (χ0n) is 12.6. The van der Waals surface area contributed by atoms with E-state index in [1.807, 2.05) is 0 Å². The lowest BCUT2D eigenvalue weighted by Crippen LogP contribution is -1.91. The van der Waals surface area contributed by atoms with Gasteiger partial charge < -0.3 is 4.98 Å². The van der Waals surface area contributed by atoms with Crippen molar-refractivity contribution in [3.05, 3.63) is 94.5 Å². The highest BCUT2D eigenvalue weighted by molar-refractivity contribution is 9.10. The number of benzene rings is 3. The summed E-state index contributed by atoms with van der Waals surface area (Å²) in [6.45, 7) is 0. The van der Waals surface area contributed by atoms with Crippen LogP contribution in [-0.4, -0.2) is 4.98 Å². The average Bonchev–Trinajstić information content (AvgIpc) is 2.96. The first-order valence-corrected chi connectivity index (χ1v) is 8.50. The third kappa shape index (κ3) is 2.71. The third-order valence-electron chi connectivity index (χ3n) is 4.20. The molecule has 4 rings (SSSR count). The Kier molecular flexibility index (Phi) is 3.76. The molecule has 3 aromatic carbocycles. The predicted octanol–water partition coefficient (Wildman–Crippen LogP) is 6.19. The number of aromatic amines is 1. The van der Waals surface area contributed by atoms with E-state index in [0.29, 0.717) is 0 Å². The Labute approximate surface area is 144 Å². The van der Waals surface area contributed by atoms with Crippen LogP contribution >= 0.6 is 15.9 Å². The van der Waals surface area contributed by atoms with Gasteiger partial charge in [0.05, 0.1) is 5.69 Å². The fourth-order valence-electron chi connectivity index (χ4n) is 3.07. The van der Waals surface area contributed by atoms with E-state index in [2.05, 4.69) is 99.8 Å². The summed E-state index contributed by atoms with van der Waals surface area (Å²) < 4.78 is 1.16. The molecule has 23 heavy (non-hydrogen) atoms. The summed E-state index contributed by atoms with van der Waals surface area (Å²) in [5.41, 5.74) is 6.27. The normalized spacial score (nSPS) is 11.0. The van der Waals surface area contributed by atoms with Crippen molar-refractivity contribution in [2.45, 2.75) is 6.42 Å². The minimum absolute atomic E-state index is 0.898. The number of para-hydroxylation sites is 1. The second kappa shape index (κ2) is 6.05. The molecule has 112 valence electrons. The minimum atomic E-state index is 0.898. The van der Waals surface area contributed by atoms with Gasteiger partial charge in [-0.2, -0.15) is 0 Å². The van der Waals surface area contributed by atoms with Crippen molar-refractivity contribution in [1.82, 2.24) is 4.98 Å². The van der Waals surface area contributed by atoms with E-state index in [1.165, 1.54) is 33.3 Å². The zero-order chi connectivity index (χ0) is 15.6. The molecule has 1 nitrogen and oxygen atoms in total. The van der Waals surface area contributed by atoms with Crippen LogP contribution in [0.1, 0.15) is 11.1 Å². The van der Waals surface area contributed by atoms with Crippen molar-refractivity contribution in [1.29, 1.82) is 0 Å². The molecule has 1 N–H and O–H groups in total. The van der Waals surface area contributed by atoms with Gasteiger partial charge in [0.2, 0.25) is 0 Å². The summed E-state index contributed by atoms with van der Waals surface area (Å²) in [6.07, 6.45) is 0.898. The molecule has 0 aliphatic carbocycles. The maximum Gasteiger partial charge on any atom is 0.0500 e. The topological polar surface area (TPSA) is 15.8 Å². The lowest BCUT2D eigenvalue weighted by atomic mass is 9.98. The molecule has 0 fully saturated rings. The molecule has 0 atom stereocenters. The molecule has 0 aliphatic heterocycles. The number of hydrogen-bond donors (Lipinski definition) is 1. The van der Waals surface area contributed by atoms with Gasteiger partial charge in [-0.15, -0.1) is 0 Å². The summed E-state index contributed by atoms with van der Waals surface area (Å²) in [7, 11) is 0. The van der Waals surface area contributed by atoms with E-state index < -0.39 is 0 Å². The fraction of sp³-hybridized carbons (Fsp3) is 0.0476. The first kappa shape index (κ1) is 14.3. The van der Waals surface area contributed by atoms with Gasteiger partial charge in [0.15, 0.2) is 0 Å². The Bertz CT molecular complexity index is 954. The second-order valence-electron chi connectivity index (χ2n) is 5.66. The quantitative estimate of drug-likeness (QED) is 0.447. The van der Waals surface area contributed by atoms with E-state index in [9.17, 15) is 0 Å². The van der Waals surface area contributed by atoms with Gasteiger partial charge in [-0.25, -0.2) is 0 Å². The van der Waals surface area contributed by atoms with E-state index in [4.69, 9.17) is 0 Å². The molecule has 0 unspecified atom stereocenters. The van der Waals surface area contributed by atoms with Gasteiger partial charge in [-0.1, -0.05) is 82.7 Å². The SMILES string of the molecule is Brc1ccccc1Cc1c(-c2ccccc2)[nH]c2ccccc12. The zero-order valence-corrected chi connectivity index (χ0v) is 14.2. The second-order valence-corrected chi connectivity index (χ2v) is 6.51. The maximum absolute atomic E-state index is 3.68. The van der Waals surface area contributed by atoms with Crippen LogP contribution in [0.4, 0.5) is 0 Å². The molecule has 0 saturated carbocycles. The summed E-state index contributed by atoms with van der Waals surface area (Å²) in [6, 6.07) is 27.5. The van der Waals surface area contributed by atoms with Crippen LogP contribution < -0.4 is 0 Å². The molecule has 0 spiro atoms. The van der Waals surface area contributed by atoms with Crippen molar-refractivity contribution in [3.8, 4) is 11.3 Å². The summed E-state index contributed by atoms with van der Waals surface area (Å²) >= 11 is 3.68. The van der Waals surface area contributed by atoms with Crippen molar-refractivity contribution in [3.63, 3.8) is 0 Å². The Hall–Kier alpha value is -2.32. The van der Waals surface area contributed by atoms with Crippen LogP contribution in [0.5, 0.6) is 0 Å². The highest BCUT2D eigenvalue weighted by Crippen LogP contribution is 2.33. The molecule has 4 aromatic rings. The lowest BCUT2D eigenvalue weighted by molar-refractivity contribution is 1.19. The number of hydrogen-bond acceptors (Lipinski definition) is 0. The van der Waals surface area contributed by atoms with Gasteiger partial charge in [0.25, 0.3) is 0 Å². The summed E-state index contributed by atoms with van der Waals surface area (Å²) in [5.74, 6) is 0. The number of rotatable bonds is 3. The van der Waals surface area contributed by atoms with E-state index in [1.54, 1.807) is 0 Å². The number of halogens is 1. The van der Waals surface area contributed by atoms with Crippen LogP contribution in [0.2, 0.25) is 0 Å². The molecule has 1 aromatic heterocycles. The Morgan fingerprint density at radius 2 is 1.43 bits per heavy atom. The van der Waals surface area contributed by atoms with Crippen molar-refractivity contribution >= 4 is 26.8 Å². The monoisotopic (exact) mass is 361 g/mol. The van der Waals surface area contributed by atoms with Gasteiger partial charge in [-0.3, -0.25) is 0 Å². The summed E-state index contributed by atoms with van der Waals surface area (Å²) in [5, 5.41) is 1.29. The molecular weight excluding hydrogens is 346 g/mol. The molecule has 0 saturated heterocycles. The smallest absolute Gasteiger partial charge is 0.0500 e. The van der Waals surface area contributed by atoms with Gasteiger partial charge in [0, 0.05) is 21.8 Å². The van der Waals surface area contributed by atoms with Gasteiger partial charge >= 0.3 is 0 Å². The summed E-state index contributed by atoms with van der Waals surface area (Å²) in [4.78, 5) is 3.60. The van der Waals surface area contributed by atoms with Crippen LogP contribution in [0.15, 0.2) is 83.3 Å². The highest BCUT2D eigenvalue weighted by atomic mass is 79.9. The Morgan fingerprint density at radius 1 is 0.739 bits per heavy atom. The van der Waals surface area contributed by atoms with Crippen LogP contribution in [0.25, 0.3) is 22.2 Å². The Morgan fingerprint density at radius 3 is 2.26 bits per heavy atom. The number of nitrogens with one attached hydrogen (secondary N) is 1. The number of fused-ring (bicyclic) bond motifs is 1. The largest absolute Gasteiger partial charge is 0.354 e. The van der Waals surface area contributed by atoms with Crippen LogP contribution in [-0.2, 0) is 6.42 Å². The van der Waals surface area contributed by atoms with E-state index >= 15 is 0 Å². The predicted molar refractivity (Wildman–Crippen MR) is 101 cm³/mol. The maximum atomic E-state index is 3.68. The molecule has 1 heterocycles. The average molecular weight is 362 g/mol. The minimum Gasteiger partial charge on any atom is -0.354 e. The number of aromatic nitrogens is 1. The highest BCUT2D eigenvalue weighted by Gasteiger charge is 2.14. The molecule has 0 radical (unpaired) electrons. The van der Waals surface area contributed by atoms with Crippen molar-refractivity contribution in [2.75, 3.05) is 0 Å². The van der Waals surface area contributed by atoms with Crippen LogP contribution in [0.3, 0.4) is 0 Å².